The molecule has 0 N–H and O–H groups in total. The first-order chi connectivity index (χ1) is 8.97. The SMILES string of the molecule is CN(Cc1ccccc1)c1ccc(C(C)(C)C)cc1. The van der Waals surface area contributed by atoms with Crippen LogP contribution in [-0.4, -0.2) is 7.05 Å². The van der Waals surface area contributed by atoms with Crippen molar-refractivity contribution in [1.29, 1.82) is 0 Å². The number of hydrogen-bond acceptors (Lipinski definition) is 1. The van der Waals surface area contributed by atoms with Crippen LogP contribution >= 0.6 is 0 Å². The summed E-state index contributed by atoms with van der Waals surface area (Å²) in [6.07, 6.45) is 0. The molecule has 0 radical (unpaired) electrons. The average molecular weight is 253 g/mol. The van der Waals surface area contributed by atoms with Gasteiger partial charge in [-0.25, -0.2) is 0 Å². The first-order valence-corrected chi connectivity index (χ1v) is 6.82. The lowest BCUT2D eigenvalue weighted by Crippen LogP contribution is -2.17. The molecule has 0 aromatic heterocycles. The Morgan fingerprint density at radius 1 is 0.842 bits per heavy atom. The summed E-state index contributed by atoms with van der Waals surface area (Å²) in [7, 11) is 2.14. The molecule has 0 aliphatic rings. The summed E-state index contributed by atoms with van der Waals surface area (Å²) in [6, 6.07) is 19.5. The normalized spacial score (nSPS) is 11.4. The van der Waals surface area contributed by atoms with Crippen molar-refractivity contribution >= 4 is 5.69 Å². The highest BCUT2D eigenvalue weighted by Gasteiger charge is 2.13. The maximum Gasteiger partial charge on any atom is 0.0426 e. The molecule has 0 unspecified atom stereocenters. The smallest absolute Gasteiger partial charge is 0.0426 e. The Kier molecular flexibility index (Phi) is 3.94. The Hall–Kier alpha value is -1.76. The molecule has 0 atom stereocenters. The van der Waals surface area contributed by atoms with Gasteiger partial charge in [0, 0.05) is 19.3 Å². The van der Waals surface area contributed by atoms with E-state index in [2.05, 4.69) is 87.3 Å². The van der Waals surface area contributed by atoms with Crippen molar-refractivity contribution in [3.63, 3.8) is 0 Å². The molecule has 2 aromatic carbocycles. The Morgan fingerprint density at radius 2 is 1.42 bits per heavy atom. The fraction of sp³-hybridized carbons (Fsp3) is 0.333. The van der Waals surface area contributed by atoms with E-state index in [9.17, 15) is 0 Å². The molecule has 19 heavy (non-hydrogen) atoms. The maximum atomic E-state index is 2.28. The van der Waals surface area contributed by atoms with Gasteiger partial charge in [0.15, 0.2) is 0 Å². The van der Waals surface area contributed by atoms with Gasteiger partial charge in [0.2, 0.25) is 0 Å². The van der Waals surface area contributed by atoms with Crippen molar-refractivity contribution in [2.45, 2.75) is 32.7 Å². The van der Waals surface area contributed by atoms with Gasteiger partial charge in [0.1, 0.15) is 0 Å². The van der Waals surface area contributed by atoms with Crippen LogP contribution in [0.4, 0.5) is 5.69 Å². The van der Waals surface area contributed by atoms with Gasteiger partial charge in [0.05, 0.1) is 0 Å². The van der Waals surface area contributed by atoms with E-state index in [1.54, 1.807) is 0 Å². The van der Waals surface area contributed by atoms with Crippen molar-refractivity contribution < 1.29 is 0 Å². The highest BCUT2D eigenvalue weighted by Crippen LogP contribution is 2.25. The molecule has 0 saturated carbocycles. The van der Waals surface area contributed by atoms with Crippen molar-refractivity contribution in [2.75, 3.05) is 11.9 Å². The summed E-state index contributed by atoms with van der Waals surface area (Å²) >= 11 is 0. The molecule has 1 heteroatoms. The van der Waals surface area contributed by atoms with Crippen LogP contribution in [0, 0.1) is 0 Å². The van der Waals surface area contributed by atoms with Crippen LogP contribution < -0.4 is 4.90 Å². The minimum atomic E-state index is 0.219. The van der Waals surface area contributed by atoms with Gasteiger partial charge in [-0.15, -0.1) is 0 Å². The van der Waals surface area contributed by atoms with E-state index in [-0.39, 0.29) is 5.41 Å². The molecule has 0 fully saturated rings. The summed E-state index contributed by atoms with van der Waals surface area (Å²) in [5.74, 6) is 0. The van der Waals surface area contributed by atoms with E-state index in [0.29, 0.717) is 0 Å². The maximum absolute atomic E-state index is 2.28. The number of hydrogen-bond donors (Lipinski definition) is 0. The lowest BCUT2D eigenvalue weighted by molar-refractivity contribution is 0.590. The molecular weight excluding hydrogens is 230 g/mol. The molecule has 0 heterocycles. The van der Waals surface area contributed by atoms with Crippen molar-refractivity contribution in [3.8, 4) is 0 Å². The summed E-state index contributed by atoms with van der Waals surface area (Å²) in [6.45, 7) is 7.68. The van der Waals surface area contributed by atoms with Crippen LogP contribution in [0.25, 0.3) is 0 Å². The lowest BCUT2D eigenvalue weighted by Gasteiger charge is -2.23. The van der Waals surface area contributed by atoms with Crippen LogP contribution in [0.1, 0.15) is 31.9 Å². The van der Waals surface area contributed by atoms with Crippen LogP contribution in [0.2, 0.25) is 0 Å². The third kappa shape index (κ3) is 3.60. The fourth-order valence-electron chi connectivity index (χ4n) is 2.16. The molecule has 0 spiro atoms. The molecule has 0 saturated heterocycles. The highest BCUT2D eigenvalue weighted by molar-refractivity contribution is 5.48. The molecule has 0 aliphatic carbocycles. The molecule has 0 bridgehead atoms. The van der Waals surface area contributed by atoms with Gasteiger partial charge >= 0.3 is 0 Å². The van der Waals surface area contributed by atoms with E-state index < -0.39 is 0 Å². The molecule has 0 amide bonds. The molecule has 1 nitrogen and oxygen atoms in total. The molecule has 2 rings (SSSR count). The zero-order chi connectivity index (χ0) is 13.9. The van der Waals surface area contributed by atoms with Crippen molar-refractivity contribution in [3.05, 3.63) is 65.7 Å². The van der Waals surface area contributed by atoms with E-state index >= 15 is 0 Å². The minimum Gasteiger partial charge on any atom is -0.370 e. The Labute approximate surface area is 116 Å². The van der Waals surface area contributed by atoms with Gasteiger partial charge in [-0.2, -0.15) is 0 Å². The quantitative estimate of drug-likeness (QED) is 0.771. The highest BCUT2D eigenvalue weighted by atomic mass is 15.1. The third-order valence-corrected chi connectivity index (χ3v) is 3.44. The lowest BCUT2D eigenvalue weighted by atomic mass is 9.87. The van der Waals surface area contributed by atoms with Gasteiger partial charge in [-0.1, -0.05) is 63.2 Å². The number of nitrogens with zero attached hydrogens (tertiary/aromatic N) is 1. The summed E-state index contributed by atoms with van der Waals surface area (Å²) < 4.78 is 0. The first kappa shape index (κ1) is 13.7. The Morgan fingerprint density at radius 3 is 1.95 bits per heavy atom. The van der Waals surface area contributed by atoms with Gasteiger partial charge in [0.25, 0.3) is 0 Å². The standard InChI is InChI=1S/C18H23N/c1-18(2,3)16-10-12-17(13-11-16)19(4)14-15-8-6-5-7-9-15/h5-13H,14H2,1-4H3. The zero-order valence-corrected chi connectivity index (χ0v) is 12.4. The number of benzene rings is 2. The topological polar surface area (TPSA) is 3.24 Å². The van der Waals surface area contributed by atoms with E-state index in [4.69, 9.17) is 0 Å². The predicted molar refractivity (Wildman–Crippen MR) is 83.7 cm³/mol. The summed E-state index contributed by atoms with van der Waals surface area (Å²) in [5, 5.41) is 0. The second-order valence-corrected chi connectivity index (χ2v) is 6.14. The van der Waals surface area contributed by atoms with Crippen LogP contribution in [0.15, 0.2) is 54.6 Å². The summed E-state index contributed by atoms with van der Waals surface area (Å²) in [5.41, 5.74) is 4.20. The van der Waals surface area contributed by atoms with E-state index in [1.807, 2.05) is 0 Å². The number of anilines is 1. The zero-order valence-electron chi connectivity index (χ0n) is 12.4. The van der Waals surface area contributed by atoms with Crippen molar-refractivity contribution in [1.82, 2.24) is 0 Å². The molecule has 100 valence electrons. The van der Waals surface area contributed by atoms with E-state index in [0.717, 1.165) is 6.54 Å². The third-order valence-electron chi connectivity index (χ3n) is 3.44. The minimum absolute atomic E-state index is 0.219. The monoisotopic (exact) mass is 253 g/mol. The Bertz CT molecular complexity index is 506. The first-order valence-electron chi connectivity index (χ1n) is 6.82. The second-order valence-electron chi connectivity index (χ2n) is 6.14. The average Bonchev–Trinajstić information content (AvgIpc) is 2.39. The van der Waals surface area contributed by atoms with Crippen LogP contribution in [0.3, 0.4) is 0 Å². The van der Waals surface area contributed by atoms with Crippen molar-refractivity contribution in [2.24, 2.45) is 0 Å². The molecule has 0 aliphatic heterocycles. The summed E-state index contributed by atoms with van der Waals surface area (Å²) in [4.78, 5) is 2.28. The van der Waals surface area contributed by atoms with Gasteiger partial charge < -0.3 is 4.90 Å². The fourth-order valence-corrected chi connectivity index (χ4v) is 2.16. The van der Waals surface area contributed by atoms with Gasteiger partial charge in [-0.05, 0) is 28.7 Å². The molecule has 2 aromatic rings. The largest absolute Gasteiger partial charge is 0.370 e. The number of rotatable bonds is 3. The van der Waals surface area contributed by atoms with E-state index in [1.165, 1.54) is 16.8 Å². The Balaban J connectivity index is 2.10. The second kappa shape index (κ2) is 5.48. The van der Waals surface area contributed by atoms with Gasteiger partial charge in [-0.3, -0.25) is 0 Å². The molecular formula is C18H23N. The van der Waals surface area contributed by atoms with Crippen LogP contribution in [-0.2, 0) is 12.0 Å². The van der Waals surface area contributed by atoms with Crippen LogP contribution in [0.5, 0.6) is 0 Å². The predicted octanol–water partition coefficient (Wildman–Crippen LogP) is 4.62.